The van der Waals surface area contributed by atoms with Crippen molar-refractivity contribution in [2.75, 3.05) is 32.1 Å². The van der Waals surface area contributed by atoms with Crippen molar-refractivity contribution in [3.8, 4) is 5.75 Å². The van der Waals surface area contributed by atoms with Crippen LogP contribution in [-0.4, -0.2) is 26.7 Å². The second-order valence-corrected chi connectivity index (χ2v) is 3.46. The minimum Gasteiger partial charge on any atom is -0.491 e. The van der Waals surface area contributed by atoms with Crippen molar-refractivity contribution in [2.45, 2.75) is 13.3 Å². The first-order valence-electron chi connectivity index (χ1n) is 5.58. The highest BCUT2D eigenvalue weighted by molar-refractivity contribution is 5.47. The lowest BCUT2D eigenvalue weighted by molar-refractivity contribution is 0.321. The normalized spacial score (nSPS) is 10.2. The van der Waals surface area contributed by atoms with Crippen LogP contribution in [0.5, 0.6) is 5.75 Å². The van der Waals surface area contributed by atoms with Crippen LogP contribution in [-0.2, 0) is 0 Å². The third kappa shape index (κ3) is 4.06. The van der Waals surface area contributed by atoms with Gasteiger partial charge >= 0.3 is 0 Å². The van der Waals surface area contributed by atoms with Crippen LogP contribution >= 0.6 is 0 Å². The van der Waals surface area contributed by atoms with E-state index < -0.39 is 0 Å². The summed E-state index contributed by atoms with van der Waals surface area (Å²) < 4.78 is 18.6. The second kappa shape index (κ2) is 7.06. The van der Waals surface area contributed by atoms with Gasteiger partial charge in [0, 0.05) is 18.3 Å². The summed E-state index contributed by atoms with van der Waals surface area (Å²) in [7, 11) is 1.91. The highest BCUT2D eigenvalue weighted by atomic mass is 19.1. The van der Waals surface area contributed by atoms with Crippen LogP contribution in [0.15, 0.2) is 18.2 Å². The average molecular weight is 226 g/mol. The Morgan fingerprint density at radius 1 is 1.31 bits per heavy atom. The summed E-state index contributed by atoms with van der Waals surface area (Å²) in [6, 6.07) is 4.94. The number of anilines is 1. The van der Waals surface area contributed by atoms with Crippen molar-refractivity contribution in [2.24, 2.45) is 0 Å². The Morgan fingerprint density at radius 2 is 2.12 bits per heavy atom. The van der Waals surface area contributed by atoms with Gasteiger partial charge in [0.1, 0.15) is 0 Å². The van der Waals surface area contributed by atoms with Gasteiger partial charge in [-0.25, -0.2) is 4.39 Å². The van der Waals surface area contributed by atoms with Gasteiger partial charge in [-0.1, -0.05) is 0 Å². The Balaban J connectivity index is 2.46. The van der Waals surface area contributed by atoms with Gasteiger partial charge < -0.3 is 15.4 Å². The topological polar surface area (TPSA) is 33.3 Å². The van der Waals surface area contributed by atoms with E-state index in [0.717, 1.165) is 25.2 Å². The zero-order chi connectivity index (χ0) is 11.8. The number of halogens is 1. The summed E-state index contributed by atoms with van der Waals surface area (Å²) in [5.41, 5.74) is 0.789. The fourth-order valence-corrected chi connectivity index (χ4v) is 1.38. The van der Waals surface area contributed by atoms with Gasteiger partial charge in [-0.2, -0.15) is 0 Å². The summed E-state index contributed by atoms with van der Waals surface area (Å²) in [5.74, 6) is -0.0104. The number of hydrogen-bond acceptors (Lipinski definition) is 3. The van der Waals surface area contributed by atoms with Crippen LogP contribution < -0.4 is 15.4 Å². The molecule has 0 saturated carbocycles. The number of hydrogen-bond donors (Lipinski definition) is 2. The van der Waals surface area contributed by atoms with Crippen LogP contribution in [0, 0.1) is 5.82 Å². The van der Waals surface area contributed by atoms with Gasteiger partial charge in [-0.3, -0.25) is 0 Å². The van der Waals surface area contributed by atoms with Crippen molar-refractivity contribution >= 4 is 5.69 Å². The molecule has 0 radical (unpaired) electrons. The Hall–Kier alpha value is -1.29. The van der Waals surface area contributed by atoms with Gasteiger partial charge in [0.05, 0.1) is 6.61 Å². The number of ether oxygens (including phenoxy) is 1. The molecule has 0 bridgehead atoms. The zero-order valence-electron chi connectivity index (χ0n) is 9.85. The van der Waals surface area contributed by atoms with Crippen LogP contribution in [0.1, 0.15) is 13.3 Å². The Labute approximate surface area is 96.0 Å². The van der Waals surface area contributed by atoms with E-state index in [2.05, 4.69) is 10.6 Å². The van der Waals surface area contributed by atoms with Gasteiger partial charge in [0.25, 0.3) is 0 Å². The Morgan fingerprint density at radius 3 is 2.75 bits per heavy atom. The summed E-state index contributed by atoms with van der Waals surface area (Å²) in [6.45, 7) is 4.09. The standard InChI is InChI=1S/C12H19FN2O/c1-3-16-12-6-5-10(9-11(12)13)15-8-4-7-14-2/h5-6,9,14-15H,3-4,7-8H2,1-2H3. The molecule has 0 saturated heterocycles. The Bertz CT molecular complexity index is 318. The molecule has 0 unspecified atom stereocenters. The first-order chi connectivity index (χ1) is 7.77. The molecule has 90 valence electrons. The van der Waals surface area contributed by atoms with Crippen molar-refractivity contribution in [1.29, 1.82) is 0 Å². The van der Waals surface area contributed by atoms with E-state index in [4.69, 9.17) is 4.74 Å². The van der Waals surface area contributed by atoms with E-state index in [9.17, 15) is 4.39 Å². The predicted octanol–water partition coefficient (Wildman–Crippen LogP) is 2.25. The third-order valence-corrected chi connectivity index (χ3v) is 2.16. The lowest BCUT2D eigenvalue weighted by atomic mass is 10.3. The third-order valence-electron chi connectivity index (χ3n) is 2.16. The van der Waals surface area contributed by atoms with Crippen molar-refractivity contribution < 1.29 is 9.13 Å². The van der Waals surface area contributed by atoms with Crippen LogP contribution in [0.25, 0.3) is 0 Å². The molecule has 0 heterocycles. The molecule has 1 aromatic carbocycles. The molecule has 1 aromatic rings. The molecule has 3 nitrogen and oxygen atoms in total. The molecule has 0 aliphatic carbocycles. The molecule has 4 heteroatoms. The number of nitrogens with one attached hydrogen (secondary N) is 2. The largest absolute Gasteiger partial charge is 0.491 e. The van der Waals surface area contributed by atoms with Crippen molar-refractivity contribution in [3.63, 3.8) is 0 Å². The maximum Gasteiger partial charge on any atom is 0.167 e. The molecule has 0 aliphatic rings. The van der Waals surface area contributed by atoms with Crippen molar-refractivity contribution in [3.05, 3.63) is 24.0 Å². The van der Waals surface area contributed by atoms with E-state index in [1.54, 1.807) is 6.07 Å². The first-order valence-corrected chi connectivity index (χ1v) is 5.58. The number of benzene rings is 1. The average Bonchev–Trinajstić information content (AvgIpc) is 2.28. The van der Waals surface area contributed by atoms with Gasteiger partial charge in [-0.15, -0.1) is 0 Å². The summed E-state index contributed by atoms with van der Waals surface area (Å²) in [6.07, 6.45) is 1.01. The van der Waals surface area contributed by atoms with E-state index in [0.29, 0.717) is 12.4 Å². The lowest BCUT2D eigenvalue weighted by Gasteiger charge is -2.09. The molecule has 16 heavy (non-hydrogen) atoms. The molecule has 0 aliphatic heterocycles. The van der Waals surface area contributed by atoms with Crippen LogP contribution in [0.3, 0.4) is 0 Å². The summed E-state index contributed by atoms with van der Waals surface area (Å²) in [4.78, 5) is 0. The smallest absolute Gasteiger partial charge is 0.167 e. The van der Waals surface area contributed by atoms with Crippen LogP contribution in [0.4, 0.5) is 10.1 Å². The molecular weight excluding hydrogens is 207 g/mol. The fraction of sp³-hybridized carbons (Fsp3) is 0.500. The minimum absolute atomic E-state index is 0.309. The molecule has 0 amide bonds. The van der Waals surface area contributed by atoms with E-state index >= 15 is 0 Å². The molecular formula is C12H19FN2O. The van der Waals surface area contributed by atoms with Gasteiger partial charge in [0.2, 0.25) is 0 Å². The molecule has 2 N–H and O–H groups in total. The zero-order valence-corrected chi connectivity index (χ0v) is 9.85. The SMILES string of the molecule is CCOc1ccc(NCCCNC)cc1F. The second-order valence-electron chi connectivity index (χ2n) is 3.46. The molecule has 0 aromatic heterocycles. The molecule has 0 spiro atoms. The quantitative estimate of drug-likeness (QED) is 0.700. The van der Waals surface area contributed by atoms with E-state index in [1.165, 1.54) is 6.07 Å². The van der Waals surface area contributed by atoms with Gasteiger partial charge in [-0.05, 0) is 39.1 Å². The summed E-state index contributed by atoms with van der Waals surface area (Å²) in [5, 5.41) is 6.21. The van der Waals surface area contributed by atoms with Gasteiger partial charge in [0.15, 0.2) is 11.6 Å². The summed E-state index contributed by atoms with van der Waals surface area (Å²) >= 11 is 0. The highest BCUT2D eigenvalue weighted by Gasteiger charge is 2.03. The molecule has 0 fully saturated rings. The number of rotatable bonds is 7. The maximum atomic E-state index is 13.4. The minimum atomic E-state index is -0.319. The fourth-order valence-electron chi connectivity index (χ4n) is 1.38. The highest BCUT2D eigenvalue weighted by Crippen LogP contribution is 2.20. The van der Waals surface area contributed by atoms with E-state index in [1.807, 2.05) is 20.0 Å². The Kier molecular flexibility index (Phi) is 5.64. The van der Waals surface area contributed by atoms with E-state index in [-0.39, 0.29) is 5.82 Å². The first kappa shape index (κ1) is 12.8. The maximum absolute atomic E-state index is 13.4. The predicted molar refractivity (Wildman–Crippen MR) is 64.6 cm³/mol. The van der Waals surface area contributed by atoms with Crippen LogP contribution in [0.2, 0.25) is 0 Å². The monoisotopic (exact) mass is 226 g/mol. The molecule has 0 atom stereocenters. The molecule has 1 rings (SSSR count). The van der Waals surface area contributed by atoms with Crippen molar-refractivity contribution in [1.82, 2.24) is 5.32 Å². The lowest BCUT2D eigenvalue weighted by Crippen LogP contribution is -2.12.